The highest BCUT2D eigenvalue weighted by Crippen LogP contribution is 2.33. The summed E-state index contributed by atoms with van der Waals surface area (Å²) in [5, 5.41) is 5.91. The van der Waals surface area contributed by atoms with Gasteiger partial charge in [0.1, 0.15) is 10.6 Å². The van der Waals surface area contributed by atoms with Gasteiger partial charge < -0.3 is 15.0 Å². The lowest BCUT2D eigenvalue weighted by Crippen LogP contribution is -2.24. The van der Waals surface area contributed by atoms with Crippen LogP contribution in [0.4, 0.5) is 22.2 Å². The Morgan fingerprint density at radius 3 is 2.47 bits per heavy atom. The molecule has 4 aromatic rings. The highest BCUT2D eigenvalue weighted by atomic mass is 32.2. The molecule has 0 bridgehead atoms. The van der Waals surface area contributed by atoms with Gasteiger partial charge in [-0.05, 0) is 61.0 Å². The van der Waals surface area contributed by atoms with Gasteiger partial charge in [0.15, 0.2) is 5.13 Å². The fourth-order valence-electron chi connectivity index (χ4n) is 3.91. The number of aromatic nitrogens is 2. The van der Waals surface area contributed by atoms with Crippen molar-refractivity contribution in [1.29, 1.82) is 0 Å². The van der Waals surface area contributed by atoms with Crippen molar-refractivity contribution in [3.05, 3.63) is 72.4 Å². The number of hydrogen-bond donors (Lipinski definition) is 2. The smallest absolute Gasteiger partial charge is 0.265 e. The number of ether oxygens (including phenoxy) is 1. The largest absolute Gasteiger partial charge is 0.495 e. The summed E-state index contributed by atoms with van der Waals surface area (Å²) in [6.07, 6.45) is 4.65. The van der Waals surface area contributed by atoms with Crippen LogP contribution in [0.15, 0.2) is 77.3 Å². The molecule has 0 saturated carbocycles. The number of carbonyl (C=O) groups excluding carboxylic acids is 1. The molecule has 1 saturated heterocycles. The van der Waals surface area contributed by atoms with Crippen LogP contribution in [0.1, 0.15) is 12.8 Å². The summed E-state index contributed by atoms with van der Waals surface area (Å²) in [6, 6.07) is 15.4. The van der Waals surface area contributed by atoms with E-state index in [1.54, 1.807) is 53.7 Å². The summed E-state index contributed by atoms with van der Waals surface area (Å²) >= 11 is 1.47. The summed E-state index contributed by atoms with van der Waals surface area (Å²) in [4.78, 5) is 22.3. The van der Waals surface area contributed by atoms with E-state index in [0.717, 1.165) is 23.4 Å². The van der Waals surface area contributed by atoms with Gasteiger partial charge >= 0.3 is 0 Å². The minimum absolute atomic E-state index is 0.0207. The number of anilines is 4. The van der Waals surface area contributed by atoms with E-state index in [2.05, 4.69) is 20.0 Å². The Labute approximate surface area is 212 Å². The molecular formula is C25H23N5O4S2. The second-order valence-electron chi connectivity index (χ2n) is 8.07. The van der Waals surface area contributed by atoms with Crippen molar-refractivity contribution in [2.75, 3.05) is 28.6 Å². The standard InChI is InChI=1S/C25H23N5O4S2/c1-34-22-9-8-20(30-14-2-3-24(30)31)15-23(22)36(32,33)29-19-6-4-18(5-7-19)27-25-28-21(16-35-25)17-10-12-26-13-11-17/h4-13,15-16,29H,2-3,14H2,1H3,(H,27,28). The molecule has 36 heavy (non-hydrogen) atoms. The normalized spacial score (nSPS) is 13.6. The highest BCUT2D eigenvalue weighted by Gasteiger charge is 2.26. The molecule has 0 aliphatic carbocycles. The van der Waals surface area contributed by atoms with Crippen molar-refractivity contribution in [2.24, 2.45) is 0 Å². The first-order valence-electron chi connectivity index (χ1n) is 11.2. The van der Waals surface area contributed by atoms with Gasteiger partial charge in [0, 0.05) is 53.4 Å². The molecule has 11 heteroatoms. The maximum absolute atomic E-state index is 13.2. The minimum atomic E-state index is -3.97. The molecule has 0 unspecified atom stereocenters. The van der Waals surface area contributed by atoms with Crippen LogP contribution < -0.4 is 19.7 Å². The van der Waals surface area contributed by atoms with E-state index < -0.39 is 10.0 Å². The van der Waals surface area contributed by atoms with Crippen LogP contribution in [0.5, 0.6) is 5.75 Å². The third-order valence-corrected chi connectivity index (χ3v) is 7.85. The molecule has 5 rings (SSSR count). The summed E-state index contributed by atoms with van der Waals surface area (Å²) in [5.74, 6) is 0.178. The first-order chi connectivity index (χ1) is 17.4. The monoisotopic (exact) mass is 521 g/mol. The van der Waals surface area contributed by atoms with Crippen molar-refractivity contribution in [3.63, 3.8) is 0 Å². The van der Waals surface area contributed by atoms with E-state index in [0.29, 0.717) is 29.5 Å². The third kappa shape index (κ3) is 5.02. The van der Waals surface area contributed by atoms with E-state index in [9.17, 15) is 13.2 Å². The molecule has 1 amide bonds. The second-order valence-corrected chi connectivity index (χ2v) is 10.6. The molecule has 1 aliphatic heterocycles. The molecule has 1 aliphatic rings. The van der Waals surface area contributed by atoms with Gasteiger partial charge in [0.25, 0.3) is 10.0 Å². The summed E-state index contributed by atoms with van der Waals surface area (Å²) < 4.78 is 34.3. The van der Waals surface area contributed by atoms with Crippen molar-refractivity contribution in [1.82, 2.24) is 9.97 Å². The maximum Gasteiger partial charge on any atom is 0.265 e. The van der Waals surface area contributed by atoms with E-state index in [1.807, 2.05) is 17.5 Å². The number of amides is 1. The Bertz CT molecular complexity index is 1490. The summed E-state index contributed by atoms with van der Waals surface area (Å²) in [6.45, 7) is 0.565. The molecule has 0 atom stereocenters. The molecule has 184 valence electrons. The van der Waals surface area contributed by atoms with Crippen molar-refractivity contribution in [3.8, 4) is 17.0 Å². The number of rotatable bonds is 8. The van der Waals surface area contributed by atoms with Crippen LogP contribution >= 0.6 is 11.3 Å². The zero-order valence-corrected chi connectivity index (χ0v) is 21.0. The zero-order valence-electron chi connectivity index (χ0n) is 19.3. The molecule has 2 aromatic carbocycles. The fourth-order valence-corrected chi connectivity index (χ4v) is 5.89. The number of thiazole rings is 1. The van der Waals surface area contributed by atoms with Gasteiger partial charge in [0.05, 0.1) is 12.8 Å². The molecule has 0 radical (unpaired) electrons. The van der Waals surface area contributed by atoms with Crippen molar-refractivity contribution < 1.29 is 17.9 Å². The van der Waals surface area contributed by atoms with E-state index >= 15 is 0 Å². The van der Waals surface area contributed by atoms with Gasteiger partial charge in [-0.15, -0.1) is 11.3 Å². The molecule has 9 nitrogen and oxygen atoms in total. The number of benzene rings is 2. The topological polar surface area (TPSA) is 114 Å². The molecule has 2 N–H and O–H groups in total. The van der Waals surface area contributed by atoms with Crippen molar-refractivity contribution >= 4 is 49.5 Å². The summed E-state index contributed by atoms with van der Waals surface area (Å²) in [5.41, 5.74) is 3.52. The number of nitrogens with zero attached hydrogens (tertiary/aromatic N) is 3. The van der Waals surface area contributed by atoms with Crippen LogP contribution in [0.3, 0.4) is 0 Å². The van der Waals surface area contributed by atoms with Crippen LogP contribution in [0, 0.1) is 0 Å². The average molecular weight is 522 g/mol. The van der Waals surface area contributed by atoms with Crippen LogP contribution in [-0.4, -0.2) is 37.9 Å². The van der Waals surface area contributed by atoms with Crippen molar-refractivity contribution in [2.45, 2.75) is 17.7 Å². The van der Waals surface area contributed by atoms with Gasteiger partial charge in [0.2, 0.25) is 5.91 Å². The van der Waals surface area contributed by atoms with E-state index in [4.69, 9.17) is 4.74 Å². The Morgan fingerprint density at radius 2 is 1.78 bits per heavy atom. The lowest BCUT2D eigenvalue weighted by Gasteiger charge is -2.18. The van der Waals surface area contributed by atoms with E-state index in [1.165, 1.54) is 24.5 Å². The third-order valence-electron chi connectivity index (χ3n) is 5.69. The predicted octanol–water partition coefficient (Wildman–Crippen LogP) is 4.88. The number of sulfonamides is 1. The number of nitrogens with one attached hydrogen (secondary N) is 2. The molecule has 0 spiro atoms. The number of methoxy groups -OCH3 is 1. The quantitative estimate of drug-likeness (QED) is 0.340. The molecular weight excluding hydrogens is 498 g/mol. The Balaban J connectivity index is 1.31. The first kappa shape index (κ1) is 23.8. The number of carbonyl (C=O) groups is 1. The molecule has 3 heterocycles. The lowest BCUT2D eigenvalue weighted by atomic mass is 10.2. The SMILES string of the molecule is COc1ccc(N2CCCC2=O)cc1S(=O)(=O)Nc1ccc(Nc2nc(-c3ccncc3)cs2)cc1. The Hall–Kier alpha value is -3.96. The molecule has 2 aromatic heterocycles. The predicted molar refractivity (Wildman–Crippen MR) is 140 cm³/mol. The van der Waals surface area contributed by atoms with Gasteiger partial charge in [-0.2, -0.15) is 0 Å². The lowest BCUT2D eigenvalue weighted by molar-refractivity contribution is -0.117. The Morgan fingerprint density at radius 1 is 1.03 bits per heavy atom. The van der Waals surface area contributed by atoms with Crippen LogP contribution in [0.2, 0.25) is 0 Å². The Kier molecular flexibility index (Phi) is 6.57. The average Bonchev–Trinajstić information content (AvgIpc) is 3.54. The van der Waals surface area contributed by atoms with Gasteiger partial charge in [-0.3, -0.25) is 14.5 Å². The first-order valence-corrected chi connectivity index (χ1v) is 13.5. The minimum Gasteiger partial charge on any atom is -0.495 e. The summed E-state index contributed by atoms with van der Waals surface area (Å²) in [7, 11) is -2.56. The van der Waals surface area contributed by atoms with Gasteiger partial charge in [-0.25, -0.2) is 13.4 Å². The van der Waals surface area contributed by atoms with E-state index in [-0.39, 0.29) is 16.6 Å². The zero-order chi connectivity index (χ0) is 25.1. The fraction of sp³-hybridized carbons (Fsp3) is 0.160. The van der Waals surface area contributed by atoms with Crippen LogP contribution in [0.25, 0.3) is 11.3 Å². The number of hydrogen-bond acceptors (Lipinski definition) is 8. The van der Waals surface area contributed by atoms with Gasteiger partial charge in [-0.1, -0.05) is 0 Å². The molecule has 1 fully saturated rings. The number of pyridine rings is 1. The maximum atomic E-state index is 13.2. The van der Waals surface area contributed by atoms with Crippen LogP contribution in [-0.2, 0) is 14.8 Å². The highest BCUT2D eigenvalue weighted by molar-refractivity contribution is 7.92. The second kappa shape index (κ2) is 9.96.